The van der Waals surface area contributed by atoms with Gasteiger partial charge in [-0.15, -0.1) is 0 Å². The zero-order valence-corrected chi connectivity index (χ0v) is 10.7. The van der Waals surface area contributed by atoms with Crippen molar-refractivity contribution < 1.29 is 19.6 Å². The number of aliphatic carboxylic acids is 1. The van der Waals surface area contributed by atoms with Crippen molar-refractivity contribution in [1.29, 1.82) is 0 Å². The van der Waals surface area contributed by atoms with E-state index in [0.717, 1.165) is 0 Å². The van der Waals surface area contributed by atoms with Crippen LogP contribution in [0.1, 0.15) is 5.56 Å². The van der Waals surface area contributed by atoms with Gasteiger partial charge in [0.2, 0.25) is 5.82 Å². The lowest BCUT2D eigenvalue weighted by Gasteiger charge is -2.21. The molecule has 1 aromatic heterocycles. The van der Waals surface area contributed by atoms with Crippen LogP contribution in [-0.2, 0) is 9.53 Å². The van der Waals surface area contributed by atoms with Gasteiger partial charge in [0, 0.05) is 25.9 Å². The van der Waals surface area contributed by atoms with Gasteiger partial charge in [-0.25, -0.2) is 4.98 Å². The van der Waals surface area contributed by atoms with Crippen LogP contribution in [0.3, 0.4) is 0 Å². The molecule has 1 heterocycles. The maximum absolute atomic E-state index is 11.0. The maximum Gasteiger partial charge on any atom is 0.323 e. The number of pyridine rings is 1. The predicted octanol–water partition coefficient (Wildman–Crippen LogP) is 0.836. The third-order valence-corrected chi connectivity index (χ3v) is 2.37. The summed E-state index contributed by atoms with van der Waals surface area (Å²) in [5.41, 5.74) is 0.426. The van der Waals surface area contributed by atoms with E-state index >= 15 is 0 Å². The van der Waals surface area contributed by atoms with E-state index < -0.39 is 10.9 Å². The molecule has 0 aliphatic heterocycles. The van der Waals surface area contributed by atoms with Gasteiger partial charge in [0.25, 0.3) is 0 Å². The van der Waals surface area contributed by atoms with Gasteiger partial charge in [0.1, 0.15) is 6.54 Å². The molecular formula is C11H15N3O5. The molecule has 1 aromatic rings. The summed E-state index contributed by atoms with van der Waals surface area (Å²) < 4.78 is 4.87. The van der Waals surface area contributed by atoms with Gasteiger partial charge in [-0.1, -0.05) is 0 Å². The zero-order valence-electron chi connectivity index (χ0n) is 10.7. The van der Waals surface area contributed by atoms with Gasteiger partial charge in [0.05, 0.1) is 11.5 Å². The van der Waals surface area contributed by atoms with E-state index in [1.807, 2.05) is 0 Å². The van der Waals surface area contributed by atoms with Gasteiger partial charge in [-0.2, -0.15) is 0 Å². The van der Waals surface area contributed by atoms with Gasteiger partial charge in [-0.05, 0) is 12.5 Å². The van der Waals surface area contributed by atoms with Crippen molar-refractivity contribution in [2.24, 2.45) is 0 Å². The Hall–Kier alpha value is -2.22. The van der Waals surface area contributed by atoms with E-state index in [0.29, 0.717) is 5.56 Å². The maximum atomic E-state index is 11.0. The monoisotopic (exact) mass is 269 g/mol. The van der Waals surface area contributed by atoms with Crippen LogP contribution in [0.15, 0.2) is 12.3 Å². The van der Waals surface area contributed by atoms with Crippen LogP contribution in [-0.4, -0.2) is 47.8 Å². The van der Waals surface area contributed by atoms with Crippen LogP contribution in [0, 0.1) is 17.0 Å². The first-order chi connectivity index (χ1) is 8.95. The summed E-state index contributed by atoms with van der Waals surface area (Å²) in [6.45, 7) is 1.76. The fraction of sp³-hybridized carbons (Fsp3) is 0.455. The van der Waals surface area contributed by atoms with E-state index in [-0.39, 0.29) is 31.2 Å². The second kappa shape index (κ2) is 6.64. The molecular weight excluding hydrogens is 254 g/mol. The summed E-state index contributed by atoms with van der Waals surface area (Å²) in [7, 11) is 1.47. The number of anilines is 1. The van der Waals surface area contributed by atoms with Crippen LogP contribution in [0.25, 0.3) is 0 Å². The minimum atomic E-state index is -1.09. The molecule has 0 unspecified atom stereocenters. The largest absolute Gasteiger partial charge is 0.480 e. The van der Waals surface area contributed by atoms with E-state index in [1.165, 1.54) is 24.3 Å². The summed E-state index contributed by atoms with van der Waals surface area (Å²) in [6.07, 6.45) is 1.46. The number of nitro groups is 1. The Morgan fingerprint density at radius 2 is 2.32 bits per heavy atom. The first-order valence-electron chi connectivity index (χ1n) is 5.52. The van der Waals surface area contributed by atoms with Gasteiger partial charge >= 0.3 is 11.7 Å². The quantitative estimate of drug-likeness (QED) is 0.577. The van der Waals surface area contributed by atoms with E-state index in [1.54, 1.807) is 6.92 Å². The molecule has 8 nitrogen and oxygen atoms in total. The normalized spacial score (nSPS) is 10.2. The van der Waals surface area contributed by atoms with Crippen molar-refractivity contribution in [1.82, 2.24) is 4.98 Å². The second-order valence-electron chi connectivity index (χ2n) is 3.92. The number of aryl methyl sites for hydroxylation is 1. The van der Waals surface area contributed by atoms with E-state index in [9.17, 15) is 14.9 Å². The van der Waals surface area contributed by atoms with Crippen molar-refractivity contribution in [2.45, 2.75) is 6.92 Å². The molecule has 0 saturated carbocycles. The fourth-order valence-corrected chi connectivity index (χ4v) is 1.55. The van der Waals surface area contributed by atoms with Crippen molar-refractivity contribution in [3.05, 3.63) is 27.9 Å². The summed E-state index contributed by atoms with van der Waals surface area (Å²) in [5, 5.41) is 19.8. The number of hydrogen-bond donors (Lipinski definition) is 1. The number of carboxylic acid groups (broad SMARTS) is 1. The molecule has 0 amide bonds. The lowest BCUT2D eigenvalue weighted by molar-refractivity contribution is -0.384. The molecule has 0 atom stereocenters. The predicted molar refractivity (Wildman–Crippen MR) is 67.4 cm³/mol. The standard InChI is InChI=1S/C11H15N3O5/c1-8-5-9(14(17)18)11(12-6-8)13(3-4-19-2)7-10(15)16/h5-6H,3-4,7H2,1-2H3,(H,15,16). The number of ether oxygens (including phenoxy) is 1. The Morgan fingerprint density at radius 1 is 1.63 bits per heavy atom. The SMILES string of the molecule is COCCN(CC(=O)O)c1ncc(C)cc1[N+](=O)[O-]. The highest BCUT2D eigenvalue weighted by atomic mass is 16.6. The second-order valence-corrected chi connectivity index (χ2v) is 3.92. The van der Waals surface area contributed by atoms with Gasteiger partial charge < -0.3 is 14.7 Å². The Bertz CT molecular complexity index is 477. The number of carbonyl (C=O) groups is 1. The number of methoxy groups -OCH3 is 1. The Balaban J connectivity index is 3.12. The number of nitrogens with zero attached hydrogens (tertiary/aromatic N) is 3. The zero-order chi connectivity index (χ0) is 14.4. The molecule has 0 saturated heterocycles. The molecule has 0 bridgehead atoms. The molecule has 0 aromatic carbocycles. The highest BCUT2D eigenvalue weighted by Crippen LogP contribution is 2.26. The average molecular weight is 269 g/mol. The van der Waals surface area contributed by atoms with Crippen molar-refractivity contribution >= 4 is 17.5 Å². The van der Waals surface area contributed by atoms with Crippen molar-refractivity contribution in [3.8, 4) is 0 Å². The average Bonchev–Trinajstić information content (AvgIpc) is 2.34. The number of rotatable bonds is 7. The molecule has 1 rings (SSSR count). The molecule has 19 heavy (non-hydrogen) atoms. The highest BCUT2D eigenvalue weighted by molar-refractivity contribution is 5.75. The molecule has 0 spiro atoms. The third-order valence-electron chi connectivity index (χ3n) is 2.37. The van der Waals surface area contributed by atoms with Crippen molar-refractivity contribution in [2.75, 3.05) is 31.7 Å². The summed E-state index contributed by atoms with van der Waals surface area (Å²) in [5.74, 6) is -1.05. The minimum absolute atomic E-state index is 0.0371. The van der Waals surface area contributed by atoms with Crippen LogP contribution >= 0.6 is 0 Å². The highest BCUT2D eigenvalue weighted by Gasteiger charge is 2.22. The van der Waals surface area contributed by atoms with Crippen LogP contribution in [0.2, 0.25) is 0 Å². The number of hydrogen-bond acceptors (Lipinski definition) is 6. The summed E-state index contributed by atoms with van der Waals surface area (Å²) in [6, 6.07) is 1.37. The van der Waals surface area contributed by atoms with Gasteiger partial charge in [-0.3, -0.25) is 14.9 Å². The smallest absolute Gasteiger partial charge is 0.323 e. The molecule has 1 N–H and O–H groups in total. The molecule has 0 radical (unpaired) electrons. The van der Waals surface area contributed by atoms with Crippen molar-refractivity contribution in [3.63, 3.8) is 0 Å². The molecule has 0 aliphatic rings. The minimum Gasteiger partial charge on any atom is -0.480 e. The molecule has 0 aliphatic carbocycles. The Labute approximate surface area is 109 Å². The fourth-order valence-electron chi connectivity index (χ4n) is 1.55. The Kier molecular flexibility index (Phi) is 5.19. The first-order valence-corrected chi connectivity index (χ1v) is 5.52. The van der Waals surface area contributed by atoms with E-state index in [4.69, 9.17) is 9.84 Å². The summed E-state index contributed by atoms with van der Waals surface area (Å²) in [4.78, 5) is 26.5. The lowest BCUT2D eigenvalue weighted by atomic mass is 10.2. The third kappa shape index (κ3) is 4.18. The van der Waals surface area contributed by atoms with Crippen LogP contribution in [0.5, 0.6) is 0 Å². The van der Waals surface area contributed by atoms with Crippen LogP contribution in [0.4, 0.5) is 11.5 Å². The van der Waals surface area contributed by atoms with Crippen LogP contribution < -0.4 is 4.90 Å². The number of carboxylic acids is 1. The lowest BCUT2D eigenvalue weighted by Crippen LogP contribution is -2.33. The molecule has 0 fully saturated rings. The topological polar surface area (TPSA) is 106 Å². The molecule has 104 valence electrons. The molecule has 8 heteroatoms. The number of aromatic nitrogens is 1. The Morgan fingerprint density at radius 3 is 2.84 bits per heavy atom. The van der Waals surface area contributed by atoms with E-state index in [2.05, 4.69) is 4.98 Å². The van der Waals surface area contributed by atoms with Gasteiger partial charge in [0.15, 0.2) is 0 Å². The summed E-state index contributed by atoms with van der Waals surface area (Å²) >= 11 is 0. The first kappa shape index (κ1) is 14.8.